The molecule has 0 aliphatic rings. The maximum Gasteiger partial charge on any atom is 0.226 e. The van der Waals surface area contributed by atoms with Gasteiger partial charge in [0, 0.05) is 30.9 Å². The lowest BCUT2D eigenvalue weighted by Crippen LogP contribution is -2.15. The fourth-order valence-corrected chi connectivity index (χ4v) is 1.76. The Kier molecular flexibility index (Phi) is 4.24. The molecule has 1 aromatic heterocycles. The topological polar surface area (TPSA) is 51.1 Å². The van der Waals surface area contributed by atoms with Crippen molar-refractivity contribution in [1.82, 2.24) is 4.57 Å². The van der Waals surface area contributed by atoms with Gasteiger partial charge in [0.05, 0.1) is 5.69 Å². The molecule has 0 bridgehead atoms. The van der Waals surface area contributed by atoms with Gasteiger partial charge in [0.2, 0.25) is 5.91 Å². The standard InChI is InChI=1S/C14H12F2N2O2/c15-12-4-3-10(8-13(12)16)17-14(20)5-7-18-6-1-2-11(18)9-19/h1-4,6,8-9H,5,7H2,(H,17,20). The van der Waals surface area contributed by atoms with Crippen molar-refractivity contribution in [1.29, 1.82) is 0 Å². The van der Waals surface area contributed by atoms with Crippen LogP contribution in [0.1, 0.15) is 16.9 Å². The minimum absolute atomic E-state index is 0.120. The number of halogens is 2. The maximum absolute atomic E-state index is 13.0. The van der Waals surface area contributed by atoms with E-state index in [9.17, 15) is 18.4 Å². The van der Waals surface area contributed by atoms with Crippen molar-refractivity contribution < 1.29 is 18.4 Å². The smallest absolute Gasteiger partial charge is 0.226 e. The van der Waals surface area contributed by atoms with Crippen LogP contribution >= 0.6 is 0 Å². The number of nitrogens with zero attached hydrogens (tertiary/aromatic N) is 1. The van der Waals surface area contributed by atoms with E-state index in [0.717, 1.165) is 12.1 Å². The van der Waals surface area contributed by atoms with Crippen molar-refractivity contribution in [3.8, 4) is 0 Å². The van der Waals surface area contributed by atoms with Crippen molar-refractivity contribution in [2.45, 2.75) is 13.0 Å². The van der Waals surface area contributed by atoms with Gasteiger partial charge in [-0.3, -0.25) is 9.59 Å². The SMILES string of the molecule is O=Cc1cccn1CCC(=O)Nc1ccc(F)c(F)c1. The molecule has 1 heterocycles. The first-order valence-electron chi connectivity index (χ1n) is 5.95. The lowest BCUT2D eigenvalue weighted by molar-refractivity contribution is -0.116. The number of aryl methyl sites for hydroxylation is 1. The Bertz CT molecular complexity index is 638. The number of hydrogen-bond donors (Lipinski definition) is 1. The summed E-state index contributed by atoms with van der Waals surface area (Å²) in [5, 5.41) is 2.46. The number of rotatable bonds is 5. The molecule has 0 saturated carbocycles. The van der Waals surface area contributed by atoms with Crippen LogP contribution < -0.4 is 5.32 Å². The lowest BCUT2D eigenvalue weighted by atomic mass is 10.3. The van der Waals surface area contributed by atoms with E-state index in [1.54, 1.807) is 22.9 Å². The third kappa shape index (κ3) is 3.28. The predicted octanol–water partition coefficient (Wildman–Crippen LogP) is 2.61. The molecule has 6 heteroatoms. The minimum Gasteiger partial charge on any atom is -0.345 e. The summed E-state index contributed by atoms with van der Waals surface area (Å²) >= 11 is 0. The number of nitrogens with one attached hydrogen (secondary N) is 1. The monoisotopic (exact) mass is 278 g/mol. The minimum atomic E-state index is -1.02. The van der Waals surface area contributed by atoms with E-state index in [2.05, 4.69) is 5.32 Å². The van der Waals surface area contributed by atoms with E-state index in [1.807, 2.05) is 0 Å². The van der Waals surface area contributed by atoms with Gasteiger partial charge in [-0.25, -0.2) is 8.78 Å². The highest BCUT2D eigenvalue weighted by molar-refractivity contribution is 5.90. The van der Waals surface area contributed by atoms with Crippen LogP contribution in [0.25, 0.3) is 0 Å². The molecule has 0 aliphatic heterocycles. The summed E-state index contributed by atoms with van der Waals surface area (Å²) in [6.45, 7) is 0.330. The van der Waals surface area contributed by atoms with Gasteiger partial charge in [-0.15, -0.1) is 0 Å². The quantitative estimate of drug-likeness (QED) is 0.855. The van der Waals surface area contributed by atoms with Crippen molar-refractivity contribution in [2.75, 3.05) is 5.32 Å². The van der Waals surface area contributed by atoms with Gasteiger partial charge in [0.25, 0.3) is 0 Å². The molecule has 0 atom stereocenters. The van der Waals surface area contributed by atoms with Gasteiger partial charge >= 0.3 is 0 Å². The number of carbonyl (C=O) groups excluding carboxylic acids is 2. The number of benzene rings is 1. The molecular weight excluding hydrogens is 266 g/mol. The molecule has 1 amide bonds. The van der Waals surface area contributed by atoms with Crippen LogP contribution in [-0.2, 0) is 11.3 Å². The molecule has 104 valence electrons. The van der Waals surface area contributed by atoms with Crippen LogP contribution in [0.4, 0.5) is 14.5 Å². The van der Waals surface area contributed by atoms with Crippen molar-refractivity contribution in [3.05, 3.63) is 53.9 Å². The molecule has 0 aliphatic carbocycles. The molecule has 20 heavy (non-hydrogen) atoms. The van der Waals surface area contributed by atoms with Gasteiger partial charge < -0.3 is 9.88 Å². The van der Waals surface area contributed by atoms with Crippen LogP contribution in [0, 0.1) is 11.6 Å². The summed E-state index contributed by atoms with van der Waals surface area (Å²) in [6, 6.07) is 6.49. The maximum atomic E-state index is 13.0. The van der Waals surface area contributed by atoms with E-state index in [1.165, 1.54) is 6.07 Å². The fraction of sp³-hybridized carbons (Fsp3) is 0.143. The van der Waals surface area contributed by atoms with Crippen LogP contribution in [0.2, 0.25) is 0 Å². The van der Waals surface area contributed by atoms with E-state index in [-0.39, 0.29) is 18.0 Å². The molecule has 1 N–H and O–H groups in total. The van der Waals surface area contributed by atoms with Crippen molar-refractivity contribution >= 4 is 17.9 Å². The number of anilines is 1. The normalized spacial score (nSPS) is 10.3. The average Bonchev–Trinajstić information content (AvgIpc) is 2.88. The Morgan fingerprint density at radius 1 is 1.25 bits per heavy atom. The van der Waals surface area contributed by atoms with Gasteiger partial charge in [0.1, 0.15) is 0 Å². The van der Waals surface area contributed by atoms with Gasteiger partial charge in [0.15, 0.2) is 17.9 Å². The largest absolute Gasteiger partial charge is 0.345 e. The number of amides is 1. The highest BCUT2D eigenvalue weighted by atomic mass is 19.2. The van der Waals surface area contributed by atoms with Gasteiger partial charge in [-0.05, 0) is 24.3 Å². The van der Waals surface area contributed by atoms with Crippen LogP contribution in [0.3, 0.4) is 0 Å². The number of aldehydes is 1. The highest BCUT2D eigenvalue weighted by Gasteiger charge is 2.07. The number of carbonyl (C=O) groups is 2. The highest BCUT2D eigenvalue weighted by Crippen LogP contribution is 2.13. The second-order valence-electron chi connectivity index (χ2n) is 4.17. The molecular formula is C14H12F2N2O2. The van der Waals surface area contributed by atoms with Crippen molar-refractivity contribution in [3.63, 3.8) is 0 Å². The van der Waals surface area contributed by atoms with Crippen LogP contribution in [0.15, 0.2) is 36.5 Å². The molecule has 4 nitrogen and oxygen atoms in total. The zero-order chi connectivity index (χ0) is 14.5. The summed E-state index contributed by atoms with van der Waals surface area (Å²) in [7, 11) is 0. The molecule has 0 unspecified atom stereocenters. The molecule has 0 fully saturated rings. The first kappa shape index (κ1) is 13.9. The molecule has 0 radical (unpaired) electrons. The molecule has 0 spiro atoms. The Labute approximate surface area is 114 Å². The summed E-state index contributed by atoms with van der Waals surface area (Å²) < 4.78 is 27.3. The summed E-state index contributed by atoms with van der Waals surface area (Å²) in [6.07, 6.45) is 2.51. The van der Waals surface area contributed by atoms with E-state index >= 15 is 0 Å². The molecule has 1 aromatic carbocycles. The third-order valence-corrected chi connectivity index (χ3v) is 2.77. The first-order chi connectivity index (χ1) is 9.60. The Hall–Kier alpha value is -2.50. The fourth-order valence-electron chi connectivity index (χ4n) is 1.76. The number of aromatic nitrogens is 1. The third-order valence-electron chi connectivity index (χ3n) is 2.77. The Morgan fingerprint density at radius 3 is 2.75 bits per heavy atom. The Morgan fingerprint density at radius 2 is 2.05 bits per heavy atom. The second-order valence-corrected chi connectivity index (χ2v) is 4.17. The molecule has 2 rings (SSSR count). The van der Waals surface area contributed by atoms with Crippen LogP contribution in [-0.4, -0.2) is 16.8 Å². The number of hydrogen-bond acceptors (Lipinski definition) is 2. The lowest BCUT2D eigenvalue weighted by Gasteiger charge is -2.07. The second kappa shape index (κ2) is 6.10. The zero-order valence-corrected chi connectivity index (χ0v) is 10.5. The summed E-state index contributed by atoms with van der Waals surface area (Å²) in [5.74, 6) is -2.33. The van der Waals surface area contributed by atoms with E-state index < -0.39 is 11.6 Å². The predicted molar refractivity (Wildman–Crippen MR) is 69.4 cm³/mol. The average molecular weight is 278 g/mol. The van der Waals surface area contributed by atoms with E-state index in [0.29, 0.717) is 18.5 Å². The van der Waals surface area contributed by atoms with Crippen LogP contribution in [0.5, 0.6) is 0 Å². The summed E-state index contributed by atoms with van der Waals surface area (Å²) in [5.41, 5.74) is 0.669. The van der Waals surface area contributed by atoms with E-state index in [4.69, 9.17) is 0 Å². The Balaban J connectivity index is 1.92. The van der Waals surface area contributed by atoms with Gasteiger partial charge in [-0.1, -0.05) is 0 Å². The zero-order valence-electron chi connectivity index (χ0n) is 10.5. The molecule has 2 aromatic rings. The summed E-state index contributed by atoms with van der Waals surface area (Å²) in [4.78, 5) is 22.4. The van der Waals surface area contributed by atoms with Crippen molar-refractivity contribution in [2.24, 2.45) is 0 Å². The first-order valence-corrected chi connectivity index (χ1v) is 5.95. The molecule has 0 saturated heterocycles. The van der Waals surface area contributed by atoms with Gasteiger partial charge in [-0.2, -0.15) is 0 Å².